The van der Waals surface area contributed by atoms with Gasteiger partial charge in [0, 0.05) is 18.8 Å². The van der Waals surface area contributed by atoms with E-state index in [4.69, 9.17) is 10.5 Å². The van der Waals surface area contributed by atoms with E-state index in [0.717, 1.165) is 19.5 Å². The summed E-state index contributed by atoms with van der Waals surface area (Å²) in [7, 11) is 1.55. The molecule has 2 rings (SSSR count). The van der Waals surface area contributed by atoms with Crippen LogP contribution >= 0.6 is 0 Å². The van der Waals surface area contributed by atoms with E-state index in [2.05, 4.69) is 6.92 Å². The summed E-state index contributed by atoms with van der Waals surface area (Å²) < 4.78 is 5.21. The Morgan fingerprint density at radius 2 is 2.29 bits per heavy atom. The largest absolute Gasteiger partial charge is 0.496 e. The van der Waals surface area contributed by atoms with Crippen LogP contribution in [-0.2, 0) is 0 Å². The van der Waals surface area contributed by atoms with Gasteiger partial charge in [-0.3, -0.25) is 4.79 Å². The molecular weight excluding hydrogens is 216 g/mol. The van der Waals surface area contributed by atoms with Crippen LogP contribution in [0.15, 0.2) is 18.2 Å². The summed E-state index contributed by atoms with van der Waals surface area (Å²) in [6, 6.07) is 5.29. The van der Waals surface area contributed by atoms with Gasteiger partial charge in [0.1, 0.15) is 11.3 Å². The molecule has 0 radical (unpaired) electrons. The second-order valence-corrected chi connectivity index (χ2v) is 4.57. The number of hydrogen-bond acceptors (Lipinski definition) is 3. The highest BCUT2D eigenvalue weighted by Crippen LogP contribution is 2.27. The smallest absolute Gasteiger partial charge is 0.259 e. The summed E-state index contributed by atoms with van der Waals surface area (Å²) >= 11 is 0. The Labute approximate surface area is 101 Å². The molecule has 1 heterocycles. The first kappa shape index (κ1) is 11.8. The van der Waals surface area contributed by atoms with E-state index in [1.807, 2.05) is 4.90 Å². The highest BCUT2D eigenvalue weighted by Gasteiger charge is 2.27. The van der Waals surface area contributed by atoms with Gasteiger partial charge in [0.25, 0.3) is 5.91 Å². The molecule has 1 aliphatic rings. The second kappa shape index (κ2) is 4.65. The number of hydrogen-bond donors (Lipinski definition) is 1. The highest BCUT2D eigenvalue weighted by molar-refractivity contribution is 6.02. The fraction of sp³-hybridized carbons (Fsp3) is 0.462. The van der Waals surface area contributed by atoms with Crippen molar-refractivity contribution in [2.45, 2.75) is 13.3 Å². The number of methoxy groups -OCH3 is 1. The van der Waals surface area contributed by atoms with Crippen LogP contribution in [0.25, 0.3) is 0 Å². The molecule has 1 aliphatic heterocycles. The molecule has 1 aromatic rings. The van der Waals surface area contributed by atoms with E-state index in [9.17, 15) is 4.79 Å². The minimum Gasteiger partial charge on any atom is -0.496 e. The molecule has 1 amide bonds. The first-order valence-electron chi connectivity index (χ1n) is 5.85. The first-order valence-corrected chi connectivity index (χ1v) is 5.85. The average Bonchev–Trinajstić information content (AvgIpc) is 2.74. The first-order chi connectivity index (χ1) is 8.13. The maximum absolute atomic E-state index is 12.4. The molecule has 1 aromatic carbocycles. The van der Waals surface area contributed by atoms with E-state index in [-0.39, 0.29) is 5.91 Å². The molecule has 1 fully saturated rings. The predicted octanol–water partition coefficient (Wildman–Crippen LogP) is 1.76. The molecule has 0 aromatic heterocycles. The minimum absolute atomic E-state index is 0.0238. The van der Waals surface area contributed by atoms with E-state index < -0.39 is 0 Å². The molecule has 1 saturated heterocycles. The van der Waals surface area contributed by atoms with Gasteiger partial charge in [0.05, 0.1) is 7.11 Å². The van der Waals surface area contributed by atoms with Gasteiger partial charge >= 0.3 is 0 Å². The van der Waals surface area contributed by atoms with Crippen LogP contribution in [0.3, 0.4) is 0 Å². The van der Waals surface area contributed by atoms with Crippen molar-refractivity contribution in [1.29, 1.82) is 0 Å². The Morgan fingerprint density at radius 3 is 2.88 bits per heavy atom. The van der Waals surface area contributed by atoms with Crippen LogP contribution in [0.4, 0.5) is 5.69 Å². The lowest BCUT2D eigenvalue weighted by molar-refractivity contribution is 0.0786. The van der Waals surface area contributed by atoms with Crippen LogP contribution in [0.2, 0.25) is 0 Å². The molecule has 0 aliphatic carbocycles. The number of anilines is 1. The van der Waals surface area contributed by atoms with Crippen LogP contribution < -0.4 is 10.5 Å². The number of carbonyl (C=O) groups is 1. The number of nitrogens with zero attached hydrogens (tertiary/aromatic N) is 1. The lowest BCUT2D eigenvalue weighted by Gasteiger charge is -2.18. The monoisotopic (exact) mass is 234 g/mol. The Balaban J connectivity index is 2.30. The lowest BCUT2D eigenvalue weighted by Crippen LogP contribution is -2.29. The third-order valence-electron chi connectivity index (χ3n) is 3.20. The molecule has 0 spiro atoms. The number of benzene rings is 1. The Bertz CT molecular complexity index is 431. The minimum atomic E-state index is -0.0238. The third kappa shape index (κ3) is 2.20. The Hall–Kier alpha value is -1.71. The normalized spacial score (nSPS) is 19.4. The molecule has 92 valence electrons. The molecule has 17 heavy (non-hydrogen) atoms. The van der Waals surface area contributed by atoms with Crippen molar-refractivity contribution < 1.29 is 9.53 Å². The number of ether oxygens (including phenoxy) is 1. The number of amides is 1. The summed E-state index contributed by atoms with van der Waals surface area (Å²) in [5.74, 6) is 1.09. The number of rotatable bonds is 2. The van der Waals surface area contributed by atoms with E-state index in [1.165, 1.54) is 0 Å². The topological polar surface area (TPSA) is 55.6 Å². The SMILES string of the molecule is COc1cccc(N)c1C(=O)N1CCC(C)C1. The maximum Gasteiger partial charge on any atom is 0.259 e. The van der Waals surface area contributed by atoms with Crippen LogP contribution in [-0.4, -0.2) is 31.0 Å². The lowest BCUT2D eigenvalue weighted by atomic mass is 10.1. The molecule has 0 saturated carbocycles. The van der Waals surface area contributed by atoms with E-state index in [1.54, 1.807) is 25.3 Å². The van der Waals surface area contributed by atoms with E-state index in [0.29, 0.717) is 22.9 Å². The molecule has 1 unspecified atom stereocenters. The van der Waals surface area contributed by atoms with Crippen molar-refractivity contribution in [3.63, 3.8) is 0 Å². The van der Waals surface area contributed by atoms with E-state index >= 15 is 0 Å². The summed E-state index contributed by atoms with van der Waals surface area (Å²) in [4.78, 5) is 14.2. The zero-order valence-electron chi connectivity index (χ0n) is 10.3. The van der Waals surface area contributed by atoms with Gasteiger partial charge in [-0.15, -0.1) is 0 Å². The van der Waals surface area contributed by atoms with Gasteiger partial charge in [-0.1, -0.05) is 13.0 Å². The van der Waals surface area contributed by atoms with Gasteiger partial charge in [-0.25, -0.2) is 0 Å². The fourth-order valence-electron chi connectivity index (χ4n) is 2.22. The number of nitrogens with two attached hydrogens (primary N) is 1. The highest BCUT2D eigenvalue weighted by atomic mass is 16.5. The summed E-state index contributed by atoms with van der Waals surface area (Å²) in [6.45, 7) is 3.76. The van der Waals surface area contributed by atoms with Gasteiger partial charge in [0.2, 0.25) is 0 Å². The molecular formula is C13H18N2O2. The summed E-state index contributed by atoms with van der Waals surface area (Å²) in [5, 5.41) is 0. The van der Waals surface area contributed by atoms with Gasteiger partial charge in [-0.05, 0) is 24.5 Å². The quantitative estimate of drug-likeness (QED) is 0.793. The van der Waals surface area contributed by atoms with Crippen molar-refractivity contribution in [2.75, 3.05) is 25.9 Å². The maximum atomic E-state index is 12.4. The number of nitrogen functional groups attached to an aromatic ring is 1. The molecule has 2 N–H and O–H groups in total. The van der Waals surface area contributed by atoms with Crippen molar-refractivity contribution >= 4 is 11.6 Å². The van der Waals surface area contributed by atoms with Gasteiger partial charge in [0.15, 0.2) is 0 Å². The zero-order valence-corrected chi connectivity index (χ0v) is 10.3. The predicted molar refractivity (Wildman–Crippen MR) is 67.1 cm³/mol. The number of carbonyl (C=O) groups excluding carboxylic acids is 1. The fourth-order valence-corrected chi connectivity index (χ4v) is 2.22. The Morgan fingerprint density at radius 1 is 1.53 bits per heavy atom. The molecule has 4 nitrogen and oxygen atoms in total. The summed E-state index contributed by atoms with van der Waals surface area (Å²) in [6.07, 6.45) is 1.06. The zero-order chi connectivity index (χ0) is 12.4. The standard InChI is InChI=1S/C13H18N2O2/c1-9-6-7-15(8-9)13(16)12-10(14)4-3-5-11(12)17-2/h3-5,9H,6-8,14H2,1-2H3. The summed E-state index contributed by atoms with van der Waals surface area (Å²) in [5.41, 5.74) is 6.84. The van der Waals surface area contributed by atoms with Crippen LogP contribution in [0, 0.1) is 5.92 Å². The third-order valence-corrected chi connectivity index (χ3v) is 3.20. The molecule has 4 heteroatoms. The van der Waals surface area contributed by atoms with Crippen LogP contribution in [0.5, 0.6) is 5.75 Å². The second-order valence-electron chi connectivity index (χ2n) is 4.57. The molecule has 0 bridgehead atoms. The van der Waals surface area contributed by atoms with Crippen molar-refractivity contribution in [3.05, 3.63) is 23.8 Å². The van der Waals surface area contributed by atoms with Crippen molar-refractivity contribution in [1.82, 2.24) is 4.90 Å². The Kier molecular flexibility index (Phi) is 3.22. The average molecular weight is 234 g/mol. The van der Waals surface area contributed by atoms with Gasteiger partial charge < -0.3 is 15.4 Å². The van der Waals surface area contributed by atoms with Crippen molar-refractivity contribution in [3.8, 4) is 5.75 Å². The number of likely N-dealkylation sites (tertiary alicyclic amines) is 1. The van der Waals surface area contributed by atoms with Gasteiger partial charge in [-0.2, -0.15) is 0 Å². The van der Waals surface area contributed by atoms with Crippen molar-refractivity contribution in [2.24, 2.45) is 5.92 Å². The van der Waals surface area contributed by atoms with Crippen LogP contribution in [0.1, 0.15) is 23.7 Å². The molecule has 1 atom stereocenters.